The van der Waals surface area contributed by atoms with Crippen molar-refractivity contribution < 1.29 is 13.5 Å². The zero-order chi connectivity index (χ0) is 8.97. The third-order valence-corrected chi connectivity index (χ3v) is 1.33. The minimum Gasteiger partial charge on any atom is -0.399 e. The lowest BCUT2D eigenvalue weighted by atomic mass is 10.2. The summed E-state index contributed by atoms with van der Waals surface area (Å²) in [5, 5.41) is 0. The molecule has 0 aliphatic heterocycles. The molecule has 0 heterocycles. The Balaban J connectivity index is 2.52. The maximum Gasteiger partial charge on any atom is 0.345 e. The number of rotatable bonds is 3. The highest BCUT2D eigenvalue weighted by Gasteiger charge is 2.01. The molecular formula is C8H9F2NO. The summed E-state index contributed by atoms with van der Waals surface area (Å²) in [6.45, 7) is -2.84. The first-order valence-corrected chi connectivity index (χ1v) is 3.42. The summed E-state index contributed by atoms with van der Waals surface area (Å²) in [5.74, 6) is 0. The number of alkyl halides is 2. The van der Waals surface area contributed by atoms with E-state index in [4.69, 9.17) is 5.73 Å². The van der Waals surface area contributed by atoms with Gasteiger partial charge in [-0.3, -0.25) is 0 Å². The van der Waals surface area contributed by atoms with Crippen molar-refractivity contribution in [2.24, 2.45) is 0 Å². The summed E-state index contributed by atoms with van der Waals surface area (Å²) in [7, 11) is 0. The van der Waals surface area contributed by atoms with Gasteiger partial charge in [0.15, 0.2) is 0 Å². The van der Waals surface area contributed by atoms with E-state index in [0.717, 1.165) is 0 Å². The van der Waals surface area contributed by atoms with Crippen molar-refractivity contribution >= 4 is 5.69 Å². The number of hydrogen-bond donors (Lipinski definition) is 1. The number of anilines is 1. The lowest BCUT2D eigenvalue weighted by Gasteiger charge is -2.02. The molecule has 0 spiro atoms. The van der Waals surface area contributed by atoms with Crippen LogP contribution in [-0.2, 0) is 11.3 Å². The number of nitrogen functional groups attached to an aromatic ring is 1. The van der Waals surface area contributed by atoms with E-state index < -0.39 is 6.61 Å². The fourth-order valence-corrected chi connectivity index (χ4v) is 0.842. The molecule has 0 saturated heterocycles. The second-order valence-corrected chi connectivity index (χ2v) is 2.32. The van der Waals surface area contributed by atoms with Crippen LogP contribution in [0.2, 0.25) is 0 Å². The number of nitrogens with two attached hydrogens (primary N) is 1. The van der Waals surface area contributed by atoms with Crippen molar-refractivity contribution in [3.63, 3.8) is 0 Å². The first kappa shape index (κ1) is 8.93. The molecule has 0 aliphatic rings. The molecule has 0 amide bonds. The predicted octanol–water partition coefficient (Wildman–Crippen LogP) is 2.01. The highest BCUT2D eigenvalue weighted by molar-refractivity contribution is 5.40. The molecule has 0 atom stereocenters. The minimum absolute atomic E-state index is 0.108. The minimum atomic E-state index is -2.73. The van der Waals surface area contributed by atoms with Crippen molar-refractivity contribution in [3.8, 4) is 0 Å². The molecule has 2 nitrogen and oxygen atoms in total. The SMILES string of the molecule is Nc1cccc(COC(F)F)c1. The van der Waals surface area contributed by atoms with Gasteiger partial charge in [0, 0.05) is 5.69 Å². The topological polar surface area (TPSA) is 35.2 Å². The Labute approximate surface area is 68.9 Å². The molecule has 4 heteroatoms. The Hall–Kier alpha value is -1.16. The molecule has 1 aromatic rings. The van der Waals surface area contributed by atoms with E-state index in [1.54, 1.807) is 24.3 Å². The van der Waals surface area contributed by atoms with Gasteiger partial charge in [0.25, 0.3) is 0 Å². The summed E-state index contributed by atoms with van der Waals surface area (Å²) in [5.41, 5.74) is 6.62. The molecule has 0 bridgehead atoms. The average Bonchev–Trinajstić information content (AvgIpc) is 2.01. The summed E-state index contributed by atoms with van der Waals surface area (Å²) >= 11 is 0. The number of halogens is 2. The molecule has 0 aromatic heterocycles. The van der Waals surface area contributed by atoms with Crippen LogP contribution in [0.15, 0.2) is 24.3 Å². The van der Waals surface area contributed by atoms with Crippen LogP contribution in [0.4, 0.5) is 14.5 Å². The van der Waals surface area contributed by atoms with E-state index >= 15 is 0 Å². The second kappa shape index (κ2) is 4.01. The Morgan fingerprint density at radius 1 is 1.42 bits per heavy atom. The summed E-state index contributed by atoms with van der Waals surface area (Å²) in [6, 6.07) is 6.66. The molecule has 0 radical (unpaired) electrons. The fraction of sp³-hybridized carbons (Fsp3) is 0.250. The lowest BCUT2D eigenvalue weighted by Crippen LogP contribution is -1.99. The molecule has 1 aromatic carbocycles. The number of benzene rings is 1. The number of hydrogen-bond acceptors (Lipinski definition) is 2. The zero-order valence-electron chi connectivity index (χ0n) is 6.34. The van der Waals surface area contributed by atoms with Crippen LogP contribution in [0.5, 0.6) is 0 Å². The maximum atomic E-state index is 11.6. The monoisotopic (exact) mass is 173 g/mol. The Morgan fingerprint density at radius 2 is 2.17 bits per heavy atom. The van der Waals surface area contributed by atoms with E-state index in [1.807, 2.05) is 0 Å². The molecule has 2 N–H and O–H groups in total. The smallest absolute Gasteiger partial charge is 0.345 e. The highest BCUT2D eigenvalue weighted by atomic mass is 19.3. The van der Waals surface area contributed by atoms with Crippen LogP contribution >= 0.6 is 0 Å². The van der Waals surface area contributed by atoms with Gasteiger partial charge in [0.1, 0.15) is 0 Å². The van der Waals surface area contributed by atoms with Crippen LogP contribution in [0.1, 0.15) is 5.56 Å². The van der Waals surface area contributed by atoms with E-state index in [2.05, 4.69) is 4.74 Å². The van der Waals surface area contributed by atoms with Gasteiger partial charge in [0.2, 0.25) is 0 Å². The van der Waals surface area contributed by atoms with Crippen molar-refractivity contribution in [1.29, 1.82) is 0 Å². The molecule has 0 fully saturated rings. The molecule has 0 unspecified atom stereocenters. The van der Waals surface area contributed by atoms with Gasteiger partial charge >= 0.3 is 6.61 Å². The first-order valence-electron chi connectivity index (χ1n) is 3.42. The number of ether oxygens (including phenoxy) is 1. The van der Waals surface area contributed by atoms with Crippen molar-refractivity contribution in [1.82, 2.24) is 0 Å². The largest absolute Gasteiger partial charge is 0.399 e. The molecule has 66 valence electrons. The van der Waals surface area contributed by atoms with E-state index in [-0.39, 0.29) is 6.61 Å². The Morgan fingerprint density at radius 3 is 2.75 bits per heavy atom. The highest BCUT2D eigenvalue weighted by Crippen LogP contribution is 2.09. The second-order valence-electron chi connectivity index (χ2n) is 2.32. The van der Waals surface area contributed by atoms with Gasteiger partial charge in [-0.05, 0) is 17.7 Å². The van der Waals surface area contributed by atoms with E-state index in [1.165, 1.54) is 0 Å². The van der Waals surface area contributed by atoms with Gasteiger partial charge in [-0.2, -0.15) is 8.78 Å². The van der Waals surface area contributed by atoms with Gasteiger partial charge in [0.05, 0.1) is 6.61 Å². The fourth-order valence-electron chi connectivity index (χ4n) is 0.842. The van der Waals surface area contributed by atoms with Crippen LogP contribution < -0.4 is 5.73 Å². The van der Waals surface area contributed by atoms with Crippen LogP contribution in [0, 0.1) is 0 Å². The van der Waals surface area contributed by atoms with E-state index in [0.29, 0.717) is 11.3 Å². The normalized spacial score (nSPS) is 10.6. The molecule has 0 aliphatic carbocycles. The zero-order valence-corrected chi connectivity index (χ0v) is 6.34. The standard InChI is InChI=1S/C8H9F2NO/c9-8(10)12-5-6-2-1-3-7(11)4-6/h1-4,8H,5,11H2. The van der Waals surface area contributed by atoms with Crippen LogP contribution in [0.25, 0.3) is 0 Å². The Bertz CT molecular complexity index is 253. The van der Waals surface area contributed by atoms with Crippen molar-refractivity contribution in [2.75, 3.05) is 5.73 Å². The third-order valence-electron chi connectivity index (χ3n) is 1.33. The lowest BCUT2D eigenvalue weighted by molar-refractivity contribution is -0.137. The van der Waals surface area contributed by atoms with Crippen molar-refractivity contribution in [2.45, 2.75) is 13.2 Å². The van der Waals surface area contributed by atoms with Crippen molar-refractivity contribution in [3.05, 3.63) is 29.8 Å². The van der Waals surface area contributed by atoms with Gasteiger partial charge in [-0.1, -0.05) is 12.1 Å². The van der Waals surface area contributed by atoms with Gasteiger partial charge in [-0.15, -0.1) is 0 Å². The van der Waals surface area contributed by atoms with Gasteiger partial charge in [-0.25, -0.2) is 0 Å². The quantitative estimate of drug-likeness (QED) is 0.709. The van der Waals surface area contributed by atoms with Crippen LogP contribution in [-0.4, -0.2) is 6.61 Å². The average molecular weight is 173 g/mol. The Kier molecular flexibility index (Phi) is 2.99. The molecular weight excluding hydrogens is 164 g/mol. The van der Waals surface area contributed by atoms with Gasteiger partial charge < -0.3 is 10.5 Å². The predicted molar refractivity (Wildman–Crippen MR) is 41.6 cm³/mol. The summed E-state index contributed by atoms with van der Waals surface area (Å²) < 4.78 is 27.2. The van der Waals surface area contributed by atoms with Crippen LogP contribution in [0.3, 0.4) is 0 Å². The first-order chi connectivity index (χ1) is 5.68. The summed E-state index contributed by atoms with van der Waals surface area (Å²) in [4.78, 5) is 0. The third kappa shape index (κ3) is 2.84. The summed E-state index contributed by atoms with van der Waals surface area (Å²) in [6.07, 6.45) is 0. The maximum absolute atomic E-state index is 11.6. The van der Waals surface area contributed by atoms with E-state index in [9.17, 15) is 8.78 Å². The molecule has 0 saturated carbocycles. The molecule has 1 rings (SSSR count). The molecule has 12 heavy (non-hydrogen) atoms.